The molecule has 1 aromatic carbocycles. The molecule has 3 heteroatoms. The fourth-order valence-electron chi connectivity index (χ4n) is 2.52. The lowest BCUT2D eigenvalue weighted by Crippen LogP contribution is -2.15. The molecule has 1 aliphatic carbocycles. The minimum absolute atomic E-state index is 0.499. The molecule has 1 aliphatic rings. The normalized spacial score (nSPS) is 16.8. The van der Waals surface area contributed by atoms with Crippen molar-refractivity contribution in [3.05, 3.63) is 35.4 Å². The minimum atomic E-state index is -0.499. The molecule has 0 radical (unpaired) electrons. The summed E-state index contributed by atoms with van der Waals surface area (Å²) in [6, 6.07) is 8.53. The molecular weight excluding hydrogens is 234 g/mol. The zero-order chi connectivity index (χ0) is 12.1. The molecule has 2 nitrogen and oxygen atoms in total. The quantitative estimate of drug-likeness (QED) is 0.634. The van der Waals surface area contributed by atoms with Crippen molar-refractivity contribution in [2.45, 2.75) is 44.6 Å². The van der Waals surface area contributed by atoms with Crippen molar-refractivity contribution in [1.29, 1.82) is 0 Å². The van der Waals surface area contributed by atoms with Gasteiger partial charge in [-0.1, -0.05) is 43.5 Å². The fraction of sp³-hybridized carbons (Fsp3) is 0.500. The van der Waals surface area contributed by atoms with E-state index in [1.54, 1.807) is 0 Å². The van der Waals surface area contributed by atoms with E-state index >= 15 is 0 Å². The standard InChI is InChI=1S/C14H18ClNO/c15-14(17)16-10-11-6-8-13(9-7-11)12-4-2-1-3-5-12/h6-9,12H,1-5,10H2,(H,16,17). The van der Waals surface area contributed by atoms with Crippen LogP contribution in [0, 0.1) is 0 Å². The van der Waals surface area contributed by atoms with E-state index in [-0.39, 0.29) is 0 Å². The van der Waals surface area contributed by atoms with Crippen molar-refractivity contribution in [3.63, 3.8) is 0 Å². The number of nitrogens with one attached hydrogen (secondary N) is 1. The molecule has 0 saturated heterocycles. The van der Waals surface area contributed by atoms with Gasteiger partial charge >= 0.3 is 5.37 Å². The smallest absolute Gasteiger partial charge is 0.314 e. The predicted octanol–water partition coefficient (Wildman–Crippen LogP) is 4.18. The maximum Gasteiger partial charge on any atom is 0.314 e. The van der Waals surface area contributed by atoms with E-state index in [0.717, 1.165) is 11.5 Å². The van der Waals surface area contributed by atoms with Gasteiger partial charge in [0.1, 0.15) is 0 Å². The van der Waals surface area contributed by atoms with Crippen LogP contribution in [0.2, 0.25) is 0 Å². The molecule has 1 aromatic rings. The van der Waals surface area contributed by atoms with Gasteiger partial charge < -0.3 is 5.32 Å². The highest BCUT2D eigenvalue weighted by atomic mass is 35.5. The molecule has 1 saturated carbocycles. The molecule has 0 atom stereocenters. The van der Waals surface area contributed by atoms with Crippen molar-refractivity contribution in [2.75, 3.05) is 0 Å². The Hall–Kier alpha value is -1.02. The highest BCUT2D eigenvalue weighted by Crippen LogP contribution is 2.32. The van der Waals surface area contributed by atoms with Gasteiger partial charge in [0, 0.05) is 6.54 Å². The monoisotopic (exact) mass is 251 g/mol. The Morgan fingerprint density at radius 3 is 2.41 bits per heavy atom. The first-order valence-corrected chi connectivity index (χ1v) is 6.65. The van der Waals surface area contributed by atoms with Crippen molar-refractivity contribution in [1.82, 2.24) is 5.32 Å². The van der Waals surface area contributed by atoms with Crippen LogP contribution in [0.15, 0.2) is 24.3 Å². The summed E-state index contributed by atoms with van der Waals surface area (Å²) in [4.78, 5) is 10.6. The fourth-order valence-corrected chi connectivity index (χ4v) is 2.58. The lowest BCUT2D eigenvalue weighted by Gasteiger charge is -2.22. The maximum atomic E-state index is 10.6. The van der Waals surface area contributed by atoms with Crippen LogP contribution in [0.4, 0.5) is 4.79 Å². The summed E-state index contributed by atoms with van der Waals surface area (Å²) in [7, 11) is 0. The molecule has 1 fully saturated rings. The highest BCUT2D eigenvalue weighted by Gasteiger charge is 2.14. The van der Waals surface area contributed by atoms with Gasteiger partial charge in [0.25, 0.3) is 0 Å². The lowest BCUT2D eigenvalue weighted by atomic mass is 9.84. The molecule has 0 aliphatic heterocycles. The number of halogens is 1. The Kier molecular flexibility index (Phi) is 4.43. The largest absolute Gasteiger partial charge is 0.339 e. The van der Waals surface area contributed by atoms with Gasteiger partial charge in [0.15, 0.2) is 0 Å². The molecule has 0 aromatic heterocycles. The van der Waals surface area contributed by atoms with Crippen LogP contribution in [0.25, 0.3) is 0 Å². The maximum absolute atomic E-state index is 10.6. The van der Waals surface area contributed by atoms with Crippen molar-refractivity contribution in [3.8, 4) is 0 Å². The first-order chi connectivity index (χ1) is 8.25. The Labute approximate surface area is 107 Å². The van der Waals surface area contributed by atoms with E-state index in [0.29, 0.717) is 6.54 Å². The summed E-state index contributed by atoms with van der Waals surface area (Å²) < 4.78 is 0. The number of benzene rings is 1. The molecule has 1 N–H and O–H groups in total. The zero-order valence-electron chi connectivity index (χ0n) is 9.92. The third-order valence-corrected chi connectivity index (χ3v) is 3.62. The van der Waals surface area contributed by atoms with E-state index in [4.69, 9.17) is 11.6 Å². The van der Waals surface area contributed by atoms with Crippen LogP contribution < -0.4 is 5.32 Å². The second-order valence-electron chi connectivity index (χ2n) is 4.70. The van der Waals surface area contributed by atoms with E-state index in [1.165, 1.54) is 37.7 Å². The highest BCUT2D eigenvalue weighted by molar-refractivity contribution is 6.62. The van der Waals surface area contributed by atoms with Crippen molar-refractivity contribution in [2.24, 2.45) is 0 Å². The summed E-state index contributed by atoms with van der Waals surface area (Å²) in [6.45, 7) is 0.507. The number of hydrogen-bond acceptors (Lipinski definition) is 1. The van der Waals surface area contributed by atoms with Crippen molar-refractivity contribution < 1.29 is 4.79 Å². The lowest BCUT2D eigenvalue weighted by molar-refractivity contribution is 0.259. The molecule has 0 spiro atoms. The minimum Gasteiger partial charge on any atom is -0.339 e. The molecule has 0 bridgehead atoms. The Balaban J connectivity index is 1.94. The number of hydrogen-bond donors (Lipinski definition) is 1. The van der Waals surface area contributed by atoms with Crippen LogP contribution in [-0.2, 0) is 6.54 Å². The number of rotatable bonds is 3. The molecule has 2 rings (SSSR count). The molecular formula is C14H18ClNO. The summed E-state index contributed by atoms with van der Waals surface area (Å²) in [5.41, 5.74) is 2.53. The number of carbonyl (C=O) groups excluding carboxylic acids is 1. The topological polar surface area (TPSA) is 29.1 Å². The van der Waals surface area contributed by atoms with Crippen LogP contribution in [0.3, 0.4) is 0 Å². The van der Waals surface area contributed by atoms with Gasteiger partial charge in [0.05, 0.1) is 0 Å². The third-order valence-electron chi connectivity index (χ3n) is 3.49. The van der Waals surface area contributed by atoms with E-state index in [2.05, 4.69) is 29.6 Å². The summed E-state index contributed by atoms with van der Waals surface area (Å²) in [6.07, 6.45) is 6.73. The molecule has 0 unspecified atom stereocenters. The first-order valence-electron chi connectivity index (χ1n) is 6.28. The van der Waals surface area contributed by atoms with Crippen molar-refractivity contribution >= 4 is 17.0 Å². The second-order valence-corrected chi connectivity index (χ2v) is 5.05. The Bertz CT molecular complexity index is 368. The average Bonchev–Trinajstić information content (AvgIpc) is 2.38. The molecule has 92 valence electrons. The Morgan fingerprint density at radius 1 is 1.18 bits per heavy atom. The van der Waals surface area contributed by atoms with E-state index < -0.39 is 5.37 Å². The van der Waals surface area contributed by atoms with Gasteiger partial charge in [-0.25, -0.2) is 0 Å². The van der Waals surface area contributed by atoms with Crippen LogP contribution in [0.5, 0.6) is 0 Å². The van der Waals surface area contributed by atoms with Gasteiger partial charge in [-0.15, -0.1) is 0 Å². The van der Waals surface area contributed by atoms with Crippen LogP contribution in [-0.4, -0.2) is 5.37 Å². The molecule has 1 amide bonds. The van der Waals surface area contributed by atoms with Gasteiger partial charge in [-0.05, 0) is 41.5 Å². The van der Waals surface area contributed by atoms with Gasteiger partial charge in [-0.3, -0.25) is 4.79 Å². The first kappa shape index (κ1) is 12.4. The zero-order valence-corrected chi connectivity index (χ0v) is 10.7. The second kappa shape index (κ2) is 6.06. The Morgan fingerprint density at radius 2 is 1.82 bits per heavy atom. The van der Waals surface area contributed by atoms with Crippen LogP contribution in [0.1, 0.15) is 49.1 Å². The summed E-state index contributed by atoms with van der Waals surface area (Å²) >= 11 is 5.23. The van der Waals surface area contributed by atoms with E-state index in [9.17, 15) is 4.79 Å². The number of amides is 1. The summed E-state index contributed by atoms with van der Waals surface area (Å²) in [5.74, 6) is 0.736. The number of carbonyl (C=O) groups is 1. The third kappa shape index (κ3) is 3.74. The van der Waals surface area contributed by atoms with Gasteiger partial charge in [-0.2, -0.15) is 0 Å². The molecule has 17 heavy (non-hydrogen) atoms. The predicted molar refractivity (Wildman–Crippen MR) is 70.4 cm³/mol. The van der Waals surface area contributed by atoms with E-state index in [1.807, 2.05) is 0 Å². The van der Waals surface area contributed by atoms with Gasteiger partial charge in [0.2, 0.25) is 0 Å². The summed E-state index contributed by atoms with van der Waals surface area (Å²) in [5, 5.41) is 2.09. The SMILES string of the molecule is O=C(Cl)NCc1ccc(C2CCCCC2)cc1. The van der Waals surface area contributed by atoms with Crippen LogP contribution >= 0.6 is 11.6 Å². The molecule has 0 heterocycles. The average molecular weight is 252 g/mol.